The third kappa shape index (κ3) is 1.10. The maximum atomic E-state index is 11.9. The van der Waals surface area contributed by atoms with E-state index >= 15 is 0 Å². The van der Waals surface area contributed by atoms with Crippen LogP contribution in [0.5, 0.6) is 0 Å². The van der Waals surface area contributed by atoms with Crippen molar-refractivity contribution >= 4 is 11.6 Å². The molecule has 2 fully saturated rings. The molecule has 15 heavy (non-hydrogen) atoms. The highest BCUT2D eigenvalue weighted by Gasteiger charge is 2.56. The molecule has 3 rings (SSSR count). The maximum Gasteiger partial charge on any atom is 0.142 e. The van der Waals surface area contributed by atoms with Gasteiger partial charge in [0.25, 0.3) is 0 Å². The summed E-state index contributed by atoms with van der Waals surface area (Å²) in [6.07, 6.45) is 5.35. The van der Waals surface area contributed by atoms with Gasteiger partial charge < -0.3 is 4.74 Å². The average molecular weight is 206 g/mol. The summed E-state index contributed by atoms with van der Waals surface area (Å²) in [5.74, 6) is 0.322. The molecule has 3 nitrogen and oxygen atoms in total. The van der Waals surface area contributed by atoms with Crippen molar-refractivity contribution in [2.75, 3.05) is 0 Å². The quantitative estimate of drug-likeness (QED) is 0.560. The van der Waals surface area contributed by atoms with Gasteiger partial charge in [0, 0.05) is 19.3 Å². The van der Waals surface area contributed by atoms with E-state index in [9.17, 15) is 9.59 Å². The Balaban J connectivity index is 2.05. The van der Waals surface area contributed by atoms with E-state index in [0.717, 1.165) is 0 Å². The van der Waals surface area contributed by atoms with E-state index < -0.39 is 5.60 Å². The number of carbonyl (C=O) groups is 2. The van der Waals surface area contributed by atoms with Crippen LogP contribution in [0.2, 0.25) is 0 Å². The van der Waals surface area contributed by atoms with Crippen LogP contribution in [0.4, 0.5) is 0 Å². The Hall–Kier alpha value is -0.960. The lowest BCUT2D eigenvalue weighted by Crippen LogP contribution is -2.55. The second-order valence-electron chi connectivity index (χ2n) is 4.94. The van der Waals surface area contributed by atoms with Crippen LogP contribution in [0.1, 0.15) is 26.2 Å². The van der Waals surface area contributed by atoms with Crippen LogP contribution in [0, 0.1) is 11.8 Å². The molecule has 3 heteroatoms. The topological polar surface area (TPSA) is 43.4 Å². The van der Waals surface area contributed by atoms with Crippen LogP contribution in [-0.2, 0) is 14.3 Å². The van der Waals surface area contributed by atoms with Gasteiger partial charge >= 0.3 is 0 Å². The number of carbonyl (C=O) groups excluding carboxylic acids is 2. The van der Waals surface area contributed by atoms with Crippen LogP contribution in [0.25, 0.3) is 0 Å². The molecule has 1 saturated carbocycles. The number of ether oxygens (including phenoxy) is 1. The molecule has 1 aliphatic carbocycles. The van der Waals surface area contributed by atoms with E-state index in [0.29, 0.717) is 19.3 Å². The minimum Gasteiger partial charge on any atom is -0.362 e. The SMILES string of the molecule is C[C@@H]1CC(=O)C[C@H]2C(=O)C[C@H]3C=C[C@@]12O3. The van der Waals surface area contributed by atoms with Gasteiger partial charge in [-0.1, -0.05) is 19.1 Å². The molecule has 0 radical (unpaired) electrons. The van der Waals surface area contributed by atoms with E-state index in [1.165, 1.54) is 0 Å². The van der Waals surface area contributed by atoms with Crippen molar-refractivity contribution in [1.82, 2.24) is 0 Å². The van der Waals surface area contributed by atoms with Gasteiger partial charge in [0.05, 0.1) is 12.0 Å². The lowest BCUT2D eigenvalue weighted by molar-refractivity contribution is -0.171. The molecule has 80 valence electrons. The molecule has 0 amide bonds. The summed E-state index contributed by atoms with van der Waals surface area (Å²) in [6.45, 7) is 2.01. The predicted octanol–water partition coefficient (Wildman–Crippen LogP) is 1.27. The zero-order valence-corrected chi connectivity index (χ0v) is 8.73. The number of fused-ring (bicyclic) bond motifs is 1. The van der Waals surface area contributed by atoms with Crippen LogP contribution < -0.4 is 0 Å². The second-order valence-corrected chi connectivity index (χ2v) is 4.94. The summed E-state index contributed by atoms with van der Waals surface area (Å²) in [5.41, 5.74) is -0.450. The fourth-order valence-corrected chi connectivity index (χ4v) is 3.21. The second kappa shape index (κ2) is 2.79. The molecule has 0 aromatic carbocycles. The summed E-state index contributed by atoms with van der Waals surface area (Å²) in [6, 6.07) is 0. The Bertz CT molecular complexity index is 371. The molecule has 0 aromatic heterocycles. The molecule has 0 N–H and O–H groups in total. The third-order valence-electron chi connectivity index (χ3n) is 4.00. The highest BCUT2D eigenvalue weighted by molar-refractivity contribution is 5.92. The Labute approximate surface area is 88.5 Å². The number of hydrogen-bond acceptors (Lipinski definition) is 3. The summed E-state index contributed by atoms with van der Waals surface area (Å²) in [5, 5.41) is 0. The molecule has 1 saturated heterocycles. The molecular formula is C12H14O3. The van der Waals surface area contributed by atoms with Crippen molar-refractivity contribution in [2.45, 2.75) is 37.9 Å². The van der Waals surface area contributed by atoms with Gasteiger partial charge in [-0.05, 0) is 5.92 Å². The summed E-state index contributed by atoms with van der Waals surface area (Å²) < 4.78 is 5.94. The van der Waals surface area contributed by atoms with Gasteiger partial charge in [0.1, 0.15) is 17.2 Å². The molecule has 2 bridgehead atoms. The number of ketones is 2. The standard InChI is InChI=1S/C12H14O3/c1-7-4-8(13)5-10-11(14)6-9-2-3-12(7,10)15-9/h2-3,7,9-10H,4-6H2,1H3/t7-,9-,10+,12-/m1/s1. The van der Waals surface area contributed by atoms with Gasteiger partial charge in [0.2, 0.25) is 0 Å². The zero-order valence-electron chi connectivity index (χ0n) is 8.73. The minimum absolute atomic E-state index is 0.0376. The highest BCUT2D eigenvalue weighted by atomic mass is 16.5. The molecule has 4 atom stereocenters. The zero-order chi connectivity index (χ0) is 10.6. The maximum absolute atomic E-state index is 11.9. The van der Waals surface area contributed by atoms with E-state index in [2.05, 4.69) is 0 Å². The normalized spacial score (nSPS) is 48.2. The summed E-state index contributed by atoms with van der Waals surface area (Å²) in [4.78, 5) is 23.4. The van der Waals surface area contributed by atoms with Crippen LogP contribution in [0.15, 0.2) is 12.2 Å². The van der Waals surface area contributed by atoms with Crippen molar-refractivity contribution in [3.8, 4) is 0 Å². The molecule has 0 unspecified atom stereocenters. The minimum atomic E-state index is -0.450. The molecule has 2 heterocycles. The largest absolute Gasteiger partial charge is 0.362 e. The lowest BCUT2D eigenvalue weighted by Gasteiger charge is -2.46. The van der Waals surface area contributed by atoms with Crippen LogP contribution in [-0.4, -0.2) is 23.3 Å². The number of Topliss-reactive ketones (excluding diaryl/α,β-unsaturated/α-hetero) is 2. The summed E-state index contributed by atoms with van der Waals surface area (Å²) in [7, 11) is 0. The summed E-state index contributed by atoms with van der Waals surface area (Å²) >= 11 is 0. The molecule has 3 aliphatic rings. The fraction of sp³-hybridized carbons (Fsp3) is 0.667. The lowest BCUT2D eigenvalue weighted by atomic mass is 9.66. The van der Waals surface area contributed by atoms with Crippen molar-refractivity contribution in [3.63, 3.8) is 0 Å². The Morgan fingerprint density at radius 3 is 2.93 bits per heavy atom. The molecular weight excluding hydrogens is 192 g/mol. The first-order valence-corrected chi connectivity index (χ1v) is 5.53. The van der Waals surface area contributed by atoms with Gasteiger partial charge in [0.15, 0.2) is 0 Å². The van der Waals surface area contributed by atoms with Gasteiger partial charge in [-0.15, -0.1) is 0 Å². The predicted molar refractivity (Wildman–Crippen MR) is 53.3 cm³/mol. The van der Waals surface area contributed by atoms with Crippen molar-refractivity contribution in [1.29, 1.82) is 0 Å². The first kappa shape index (κ1) is 9.28. The van der Waals surface area contributed by atoms with Crippen LogP contribution >= 0.6 is 0 Å². The molecule has 1 spiro atoms. The smallest absolute Gasteiger partial charge is 0.142 e. The fourth-order valence-electron chi connectivity index (χ4n) is 3.21. The highest BCUT2D eigenvalue weighted by Crippen LogP contribution is 2.49. The van der Waals surface area contributed by atoms with Crippen molar-refractivity contribution < 1.29 is 14.3 Å². The van der Waals surface area contributed by atoms with Crippen molar-refractivity contribution in [3.05, 3.63) is 12.2 Å². The van der Waals surface area contributed by atoms with Gasteiger partial charge in [-0.25, -0.2) is 0 Å². The number of rotatable bonds is 0. The first-order valence-electron chi connectivity index (χ1n) is 5.53. The number of hydrogen-bond donors (Lipinski definition) is 0. The van der Waals surface area contributed by atoms with E-state index in [1.54, 1.807) is 0 Å². The van der Waals surface area contributed by atoms with E-state index in [-0.39, 0.29) is 29.5 Å². The Morgan fingerprint density at radius 1 is 1.33 bits per heavy atom. The van der Waals surface area contributed by atoms with E-state index in [1.807, 2.05) is 19.1 Å². The Kier molecular flexibility index (Phi) is 1.72. The van der Waals surface area contributed by atoms with Gasteiger partial charge in [-0.3, -0.25) is 9.59 Å². The Morgan fingerprint density at radius 2 is 2.13 bits per heavy atom. The van der Waals surface area contributed by atoms with Crippen molar-refractivity contribution in [2.24, 2.45) is 11.8 Å². The third-order valence-corrected chi connectivity index (χ3v) is 4.00. The van der Waals surface area contributed by atoms with E-state index in [4.69, 9.17) is 4.74 Å². The first-order chi connectivity index (χ1) is 7.12. The molecule has 2 aliphatic heterocycles. The molecule has 0 aromatic rings. The van der Waals surface area contributed by atoms with Gasteiger partial charge in [-0.2, -0.15) is 0 Å². The monoisotopic (exact) mass is 206 g/mol. The van der Waals surface area contributed by atoms with Crippen LogP contribution in [0.3, 0.4) is 0 Å². The average Bonchev–Trinajstić information content (AvgIpc) is 2.52.